The first-order chi connectivity index (χ1) is 18.9. The maximum atomic E-state index is 13.9. The second kappa shape index (κ2) is 14.6. The number of thioether (sulfide) groups is 1. The molecule has 6 heteroatoms. The van der Waals surface area contributed by atoms with Gasteiger partial charge in [-0.1, -0.05) is 103 Å². The minimum Gasteiger partial charge on any atom is -0.352 e. The van der Waals surface area contributed by atoms with E-state index in [4.69, 9.17) is 11.6 Å². The molecule has 0 aromatic heterocycles. The van der Waals surface area contributed by atoms with Gasteiger partial charge in [0.15, 0.2) is 0 Å². The second-order valence-corrected chi connectivity index (χ2v) is 12.1. The maximum absolute atomic E-state index is 13.9. The molecule has 0 spiro atoms. The van der Waals surface area contributed by atoms with Crippen LogP contribution in [0.4, 0.5) is 0 Å². The lowest BCUT2D eigenvalue weighted by Crippen LogP contribution is -2.53. The van der Waals surface area contributed by atoms with Crippen molar-refractivity contribution in [2.75, 3.05) is 5.75 Å². The van der Waals surface area contributed by atoms with Crippen LogP contribution in [-0.2, 0) is 28.3 Å². The van der Waals surface area contributed by atoms with Gasteiger partial charge in [0.25, 0.3) is 0 Å². The van der Waals surface area contributed by atoms with Gasteiger partial charge in [-0.15, -0.1) is 11.8 Å². The molecule has 3 aromatic rings. The molecule has 1 N–H and O–H groups in total. The van der Waals surface area contributed by atoms with Gasteiger partial charge in [0, 0.05) is 29.8 Å². The summed E-state index contributed by atoms with van der Waals surface area (Å²) in [6, 6.07) is 23.6. The van der Waals surface area contributed by atoms with Crippen molar-refractivity contribution in [2.45, 2.75) is 76.8 Å². The highest BCUT2D eigenvalue weighted by atomic mass is 35.5. The van der Waals surface area contributed by atoms with Crippen molar-refractivity contribution in [1.82, 2.24) is 10.2 Å². The number of carbonyl (C=O) groups is 2. The van der Waals surface area contributed by atoms with E-state index in [0.717, 1.165) is 42.6 Å². The van der Waals surface area contributed by atoms with Crippen molar-refractivity contribution < 1.29 is 9.59 Å². The lowest BCUT2D eigenvalue weighted by Gasteiger charge is -2.33. The van der Waals surface area contributed by atoms with Crippen molar-refractivity contribution in [1.29, 1.82) is 0 Å². The average Bonchev–Trinajstić information content (AvgIpc) is 2.92. The number of amides is 2. The van der Waals surface area contributed by atoms with E-state index in [1.165, 1.54) is 23.1 Å². The summed E-state index contributed by atoms with van der Waals surface area (Å²) in [5.41, 5.74) is 5.66. The van der Waals surface area contributed by atoms with Crippen molar-refractivity contribution in [3.63, 3.8) is 0 Å². The Morgan fingerprint density at radius 1 is 0.897 bits per heavy atom. The topological polar surface area (TPSA) is 49.4 Å². The minimum atomic E-state index is -0.598. The van der Waals surface area contributed by atoms with Gasteiger partial charge in [-0.05, 0) is 55.5 Å². The van der Waals surface area contributed by atoms with Crippen molar-refractivity contribution in [2.24, 2.45) is 0 Å². The van der Waals surface area contributed by atoms with Gasteiger partial charge in [-0.25, -0.2) is 0 Å². The van der Waals surface area contributed by atoms with E-state index in [0.29, 0.717) is 23.7 Å². The zero-order valence-corrected chi connectivity index (χ0v) is 24.6. The van der Waals surface area contributed by atoms with E-state index < -0.39 is 6.04 Å². The first-order valence-corrected chi connectivity index (χ1v) is 15.4. The molecule has 1 aliphatic rings. The quantitative estimate of drug-likeness (QED) is 0.267. The molecular weight excluding hydrogens is 524 g/mol. The molecule has 39 heavy (non-hydrogen) atoms. The Morgan fingerprint density at radius 2 is 1.56 bits per heavy atom. The first kappa shape index (κ1) is 29.2. The highest BCUT2D eigenvalue weighted by Gasteiger charge is 2.31. The Balaban J connectivity index is 1.56. The third-order valence-corrected chi connectivity index (χ3v) is 8.51. The number of benzene rings is 3. The Hall–Kier alpha value is -2.76. The van der Waals surface area contributed by atoms with Crippen molar-refractivity contribution in [3.8, 4) is 0 Å². The Morgan fingerprint density at radius 3 is 2.23 bits per heavy atom. The van der Waals surface area contributed by atoms with Gasteiger partial charge >= 0.3 is 0 Å². The number of hydrogen-bond acceptors (Lipinski definition) is 3. The molecule has 0 heterocycles. The lowest BCUT2D eigenvalue weighted by molar-refractivity contribution is -0.139. The number of aryl methyl sites for hydroxylation is 2. The van der Waals surface area contributed by atoms with Crippen LogP contribution in [-0.4, -0.2) is 34.6 Å². The van der Waals surface area contributed by atoms with E-state index >= 15 is 0 Å². The molecule has 1 aliphatic carbocycles. The number of nitrogens with one attached hydrogen (secondary N) is 1. The highest BCUT2D eigenvalue weighted by molar-refractivity contribution is 7.99. The summed E-state index contributed by atoms with van der Waals surface area (Å²) in [5, 5.41) is 3.95. The number of halogens is 1. The summed E-state index contributed by atoms with van der Waals surface area (Å²) in [5.74, 6) is 0.968. The number of carbonyl (C=O) groups excluding carboxylic acids is 2. The summed E-state index contributed by atoms with van der Waals surface area (Å²) < 4.78 is 0. The van der Waals surface area contributed by atoms with Crippen LogP contribution in [0.1, 0.15) is 59.9 Å². The molecule has 206 valence electrons. The number of rotatable bonds is 11. The zero-order chi connectivity index (χ0) is 27.6. The fraction of sp³-hybridized carbons (Fsp3) is 0.394. The summed E-state index contributed by atoms with van der Waals surface area (Å²) in [6.45, 7) is 4.55. The predicted molar refractivity (Wildman–Crippen MR) is 163 cm³/mol. The van der Waals surface area contributed by atoms with Gasteiger partial charge in [0.1, 0.15) is 6.04 Å². The van der Waals surface area contributed by atoms with E-state index in [2.05, 4.69) is 37.4 Å². The molecule has 4 nitrogen and oxygen atoms in total. The molecule has 1 saturated carbocycles. The summed E-state index contributed by atoms with van der Waals surface area (Å²) in [4.78, 5) is 29.5. The van der Waals surface area contributed by atoms with E-state index in [1.54, 1.807) is 16.7 Å². The molecule has 1 atom stereocenters. The fourth-order valence-electron chi connectivity index (χ4n) is 5.38. The molecule has 4 rings (SSSR count). The summed E-state index contributed by atoms with van der Waals surface area (Å²) >= 11 is 7.74. The monoisotopic (exact) mass is 562 g/mol. The molecule has 0 radical (unpaired) electrons. The van der Waals surface area contributed by atoms with Crippen LogP contribution in [0.15, 0.2) is 72.8 Å². The van der Waals surface area contributed by atoms with E-state index in [-0.39, 0.29) is 17.9 Å². The van der Waals surface area contributed by atoms with Gasteiger partial charge in [0.05, 0.1) is 5.75 Å². The van der Waals surface area contributed by atoms with Crippen LogP contribution in [0.2, 0.25) is 5.02 Å². The fourth-order valence-corrected chi connectivity index (χ4v) is 6.35. The normalized spacial score (nSPS) is 14.5. The maximum Gasteiger partial charge on any atom is 0.243 e. The molecule has 0 aliphatic heterocycles. The third-order valence-electron chi connectivity index (χ3n) is 7.26. The molecule has 0 bridgehead atoms. The van der Waals surface area contributed by atoms with Gasteiger partial charge < -0.3 is 10.2 Å². The van der Waals surface area contributed by atoms with Crippen LogP contribution in [0, 0.1) is 13.8 Å². The van der Waals surface area contributed by atoms with Crippen LogP contribution in [0.25, 0.3) is 0 Å². The largest absolute Gasteiger partial charge is 0.352 e. The average molecular weight is 563 g/mol. The van der Waals surface area contributed by atoms with Crippen molar-refractivity contribution >= 4 is 35.2 Å². The second-order valence-electron chi connectivity index (χ2n) is 10.7. The van der Waals surface area contributed by atoms with Crippen LogP contribution in [0.3, 0.4) is 0 Å². The Bertz CT molecular complexity index is 1210. The smallest absolute Gasteiger partial charge is 0.243 e. The van der Waals surface area contributed by atoms with Gasteiger partial charge in [-0.2, -0.15) is 0 Å². The molecular formula is C33H39ClN2O2S. The van der Waals surface area contributed by atoms with Crippen LogP contribution in [0.5, 0.6) is 0 Å². The van der Waals surface area contributed by atoms with Gasteiger partial charge in [-0.3, -0.25) is 9.59 Å². The van der Waals surface area contributed by atoms with Gasteiger partial charge in [0.2, 0.25) is 11.8 Å². The molecule has 2 amide bonds. The van der Waals surface area contributed by atoms with E-state index in [1.807, 2.05) is 54.6 Å². The van der Waals surface area contributed by atoms with Crippen LogP contribution < -0.4 is 5.32 Å². The highest BCUT2D eigenvalue weighted by Crippen LogP contribution is 2.22. The predicted octanol–water partition coefficient (Wildman–Crippen LogP) is 7.28. The summed E-state index contributed by atoms with van der Waals surface area (Å²) in [7, 11) is 0. The standard InChI is InChI=1S/C33H39ClN2O2S/c1-24-17-25(2)19-28(18-24)22-39-23-32(37)36(21-27-13-15-29(34)16-14-27)31(20-26-9-5-3-6-10-26)33(38)35-30-11-7-4-8-12-30/h3,5-6,9-10,13-19,30-31H,4,7-8,11-12,20-23H2,1-2H3,(H,35,38)/t31-/m0/s1. The van der Waals surface area contributed by atoms with E-state index in [9.17, 15) is 9.59 Å². The zero-order valence-electron chi connectivity index (χ0n) is 23.0. The minimum absolute atomic E-state index is 0.0287. The third kappa shape index (κ3) is 9.15. The number of hydrogen-bond donors (Lipinski definition) is 1. The first-order valence-electron chi connectivity index (χ1n) is 13.9. The number of nitrogens with zero attached hydrogens (tertiary/aromatic N) is 1. The van der Waals surface area contributed by atoms with Crippen molar-refractivity contribution in [3.05, 3.63) is 106 Å². The lowest BCUT2D eigenvalue weighted by atomic mass is 9.94. The Kier molecular flexibility index (Phi) is 10.9. The summed E-state index contributed by atoms with van der Waals surface area (Å²) in [6.07, 6.45) is 5.97. The Labute approximate surface area is 242 Å². The molecule has 3 aromatic carbocycles. The van der Waals surface area contributed by atoms with Crippen LogP contribution >= 0.6 is 23.4 Å². The molecule has 0 unspecified atom stereocenters. The molecule has 1 fully saturated rings. The molecule has 0 saturated heterocycles. The SMILES string of the molecule is Cc1cc(C)cc(CSCC(=O)N(Cc2ccc(Cl)cc2)[C@@H](Cc2ccccc2)C(=O)NC2CCCCC2)c1.